The van der Waals surface area contributed by atoms with Gasteiger partial charge < -0.3 is 14.6 Å². The molecule has 1 unspecified atom stereocenters. The number of carbonyl (C=O) groups is 1. The molecule has 1 atom stereocenters. The van der Waals surface area contributed by atoms with E-state index in [1.54, 1.807) is 0 Å². The Balaban J connectivity index is 3.51. The van der Waals surface area contributed by atoms with Crippen molar-refractivity contribution >= 4 is 5.97 Å². The fourth-order valence-corrected chi connectivity index (χ4v) is 6.27. The van der Waals surface area contributed by atoms with Crippen LogP contribution in [0.15, 0.2) is 85.1 Å². The maximum atomic E-state index is 12.2. The van der Waals surface area contributed by atoms with Gasteiger partial charge in [0.05, 0.1) is 13.2 Å². The molecule has 0 aromatic heterocycles. The van der Waals surface area contributed by atoms with Crippen LogP contribution in [0.2, 0.25) is 0 Å². The highest BCUT2D eigenvalue weighted by Gasteiger charge is 2.13. The Bertz CT molecular complexity index is 985. The average molecular weight is 765 g/mol. The molecule has 316 valence electrons. The smallest absolute Gasteiger partial charge is 0.306 e. The van der Waals surface area contributed by atoms with Crippen LogP contribution in [0.25, 0.3) is 0 Å². The second-order valence-electron chi connectivity index (χ2n) is 15.1. The zero-order chi connectivity index (χ0) is 39.8. The quantitative estimate of drug-likeness (QED) is 0.0382. The minimum Gasteiger partial charge on any atom is -0.457 e. The highest BCUT2D eigenvalue weighted by Crippen LogP contribution is 2.13. The van der Waals surface area contributed by atoms with E-state index in [1.807, 2.05) is 0 Å². The Hall–Kier alpha value is -2.43. The lowest BCUT2D eigenvalue weighted by Gasteiger charge is -2.15. The van der Waals surface area contributed by atoms with Gasteiger partial charge in [0.15, 0.2) is 0 Å². The predicted molar refractivity (Wildman–Crippen MR) is 242 cm³/mol. The molecule has 0 radical (unpaired) electrons. The third-order valence-electron chi connectivity index (χ3n) is 9.70. The number of ether oxygens (including phenoxy) is 2. The van der Waals surface area contributed by atoms with E-state index in [2.05, 4.69) is 98.9 Å². The number of aliphatic hydroxyl groups is 1. The van der Waals surface area contributed by atoms with Crippen LogP contribution in [0, 0.1) is 0 Å². The molecule has 0 spiro atoms. The van der Waals surface area contributed by atoms with Gasteiger partial charge in [-0.25, -0.2) is 0 Å². The van der Waals surface area contributed by atoms with Gasteiger partial charge in [-0.1, -0.05) is 195 Å². The van der Waals surface area contributed by atoms with Gasteiger partial charge in [-0.3, -0.25) is 4.79 Å². The number of hydrogen-bond donors (Lipinski definition) is 1. The Morgan fingerprint density at radius 3 is 1.25 bits per heavy atom. The summed E-state index contributed by atoms with van der Waals surface area (Å²) in [5.74, 6) is -0.218. The van der Waals surface area contributed by atoms with Gasteiger partial charge in [-0.2, -0.15) is 0 Å². The monoisotopic (exact) mass is 765 g/mol. The second kappa shape index (κ2) is 47.7. The van der Waals surface area contributed by atoms with Crippen molar-refractivity contribution in [1.82, 2.24) is 0 Å². The molecule has 55 heavy (non-hydrogen) atoms. The molecule has 0 aliphatic rings. The molecule has 0 rings (SSSR count). The SMILES string of the molecule is CC/C=C\C/C=C\C/C=C\C/C=C\C/C=C\C/C=C\CCCCCCCCC(=O)OC(CO)COCCCCCCCCCC/C=C\CCCCCCCC. The Labute approximate surface area is 341 Å². The highest BCUT2D eigenvalue weighted by atomic mass is 16.6. The lowest BCUT2D eigenvalue weighted by atomic mass is 10.1. The van der Waals surface area contributed by atoms with Crippen LogP contribution in [0.1, 0.15) is 206 Å². The van der Waals surface area contributed by atoms with Crippen LogP contribution >= 0.6 is 0 Å². The third-order valence-corrected chi connectivity index (χ3v) is 9.70. The molecular weight excluding hydrogens is 677 g/mol. The number of allylic oxidation sites excluding steroid dienone is 14. The molecule has 0 saturated heterocycles. The fraction of sp³-hybridized carbons (Fsp3) is 0.706. The molecular formula is C51H88O4. The maximum Gasteiger partial charge on any atom is 0.306 e. The zero-order valence-electron chi connectivity index (χ0n) is 36.2. The number of hydrogen-bond acceptors (Lipinski definition) is 4. The van der Waals surface area contributed by atoms with Crippen molar-refractivity contribution in [2.24, 2.45) is 0 Å². The van der Waals surface area contributed by atoms with Gasteiger partial charge in [0.1, 0.15) is 6.10 Å². The van der Waals surface area contributed by atoms with E-state index in [0.717, 1.165) is 70.6 Å². The van der Waals surface area contributed by atoms with E-state index in [4.69, 9.17) is 9.47 Å². The first kappa shape index (κ1) is 52.6. The Kier molecular flexibility index (Phi) is 45.6. The summed E-state index contributed by atoms with van der Waals surface area (Å²) in [6.45, 7) is 5.21. The summed E-state index contributed by atoms with van der Waals surface area (Å²) >= 11 is 0. The minimum absolute atomic E-state index is 0.183. The maximum absolute atomic E-state index is 12.2. The Morgan fingerprint density at radius 2 is 0.818 bits per heavy atom. The second-order valence-corrected chi connectivity index (χ2v) is 15.1. The van der Waals surface area contributed by atoms with Gasteiger partial charge in [0.2, 0.25) is 0 Å². The molecule has 0 aliphatic carbocycles. The van der Waals surface area contributed by atoms with E-state index in [-0.39, 0.29) is 19.2 Å². The molecule has 0 aromatic carbocycles. The lowest BCUT2D eigenvalue weighted by molar-refractivity contribution is -0.154. The molecule has 0 amide bonds. The first-order chi connectivity index (χ1) is 27.2. The van der Waals surface area contributed by atoms with Crippen LogP contribution < -0.4 is 0 Å². The van der Waals surface area contributed by atoms with Crippen LogP contribution in [0.4, 0.5) is 0 Å². The molecule has 4 heteroatoms. The van der Waals surface area contributed by atoms with Gasteiger partial charge >= 0.3 is 5.97 Å². The zero-order valence-corrected chi connectivity index (χ0v) is 36.2. The topological polar surface area (TPSA) is 55.8 Å². The molecule has 4 nitrogen and oxygen atoms in total. The summed E-state index contributed by atoms with van der Waals surface area (Å²) in [7, 11) is 0. The van der Waals surface area contributed by atoms with Crippen molar-refractivity contribution in [3.8, 4) is 0 Å². The van der Waals surface area contributed by atoms with E-state index in [0.29, 0.717) is 13.0 Å². The molecule has 1 N–H and O–H groups in total. The van der Waals surface area contributed by atoms with Gasteiger partial charge in [-0.05, 0) is 89.9 Å². The van der Waals surface area contributed by atoms with Crippen molar-refractivity contribution in [3.05, 3.63) is 85.1 Å². The fourth-order valence-electron chi connectivity index (χ4n) is 6.27. The van der Waals surface area contributed by atoms with Crippen molar-refractivity contribution in [3.63, 3.8) is 0 Å². The van der Waals surface area contributed by atoms with Gasteiger partial charge in [0.25, 0.3) is 0 Å². The van der Waals surface area contributed by atoms with E-state index < -0.39 is 6.10 Å². The number of unbranched alkanes of at least 4 members (excludes halogenated alkanes) is 20. The summed E-state index contributed by atoms with van der Waals surface area (Å²) in [5.41, 5.74) is 0. The van der Waals surface area contributed by atoms with Crippen LogP contribution in [0.5, 0.6) is 0 Å². The molecule has 0 saturated carbocycles. The summed E-state index contributed by atoms with van der Waals surface area (Å²) in [6.07, 6.45) is 66.5. The molecule has 0 heterocycles. The van der Waals surface area contributed by atoms with E-state index in [1.165, 1.54) is 116 Å². The molecule has 0 aliphatic heterocycles. The molecule has 0 fully saturated rings. The first-order valence-corrected chi connectivity index (χ1v) is 23.2. The lowest BCUT2D eigenvalue weighted by Crippen LogP contribution is -2.27. The number of esters is 1. The van der Waals surface area contributed by atoms with Gasteiger partial charge in [0, 0.05) is 13.0 Å². The summed E-state index contributed by atoms with van der Waals surface area (Å²) in [5, 5.41) is 9.62. The van der Waals surface area contributed by atoms with Crippen LogP contribution in [-0.2, 0) is 14.3 Å². The van der Waals surface area contributed by atoms with Crippen molar-refractivity contribution in [1.29, 1.82) is 0 Å². The first-order valence-electron chi connectivity index (χ1n) is 23.2. The standard InChI is InChI=1S/C51H88O4/c1-3-5-7-9-11-13-15-17-19-21-23-24-25-26-27-28-29-30-32-34-36-38-40-42-44-46-51(53)55-50(48-52)49-54-47-45-43-41-39-37-35-33-31-22-20-18-16-14-12-10-8-6-4-2/h5,7,11,13,17-20,23-24,26-27,29-30,50,52H,3-4,6,8-10,12,14-16,21-22,25,28,31-49H2,1-2H3/b7-5-,13-11-,19-17-,20-18-,24-23-,27-26-,30-29-. The normalized spacial score (nSPS) is 13.1. The van der Waals surface area contributed by atoms with E-state index >= 15 is 0 Å². The van der Waals surface area contributed by atoms with Crippen molar-refractivity contribution < 1.29 is 19.4 Å². The van der Waals surface area contributed by atoms with E-state index in [9.17, 15) is 9.90 Å². The average Bonchev–Trinajstić information content (AvgIpc) is 3.19. The number of rotatable bonds is 42. The highest BCUT2D eigenvalue weighted by molar-refractivity contribution is 5.69. The predicted octanol–water partition coefficient (Wildman–Crippen LogP) is 15.5. The molecule has 0 aromatic rings. The number of aliphatic hydroxyl groups excluding tert-OH is 1. The summed E-state index contributed by atoms with van der Waals surface area (Å²) < 4.78 is 11.2. The number of carbonyl (C=O) groups excluding carboxylic acids is 1. The van der Waals surface area contributed by atoms with Crippen molar-refractivity contribution in [2.45, 2.75) is 213 Å². The largest absolute Gasteiger partial charge is 0.457 e. The van der Waals surface area contributed by atoms with Crippen molar-refractivity contribution in [2.75, 3.05) is 19.8 Å². The van der Waals surface area contributed by atoms with Crippen LogP contribution in [0.3, 0.4) is 0 Å². The summed E-state index contributed by atoms with van der Waals surface area (Å²) in [4.78, 5) is 12.2. The Morgan fingerprint density at radius 1 is 0.455 bits per heavy atom. The minimum atomic E-state index is -0.549. The third kappa shape index (κ3) is 45.9. The van der Waals surface area contributed by atoms with Gasteiger partial charge in [-0.15, -0.1) is 0 Å². The molecule has 0 bridgehead atoms. The van der Waals surface area contributed by atoms with Crippen LogP contribution in [-0.4, -0.2) is 37.0 Å². The summed E-state index contributed by atoms with van der Waals surface area (Å²) in [6, 6.07) is 0.